The van der Waals surface area contributed by atoms with Crippen molar-refractivity contribution in [2.75, 3.05) is 4.90 Å². The van der Waals surface area contributed by atoms with E-state index in [0.717, 1.165) is 12.3 Å². The van der Waals surface area contributed by atoms with Gasteiger partial charge in [-0.25, -0.2) is 4.98 Å². The Kier molecular flexibility index (Phi) is 3.83. The highest BCUT2D eigenvalue weighted by Crippen LogP contribution is 2.45. The second-order valence-electron chi connectivity index (χ2n) is 5.00. The first-order valence-corrected chi connectivity index (χ1v) is 7.78. The zero-order valence-electron chi connectivity index (χ0n) is 11.7. The molecule has 0 radical (unpaired) electrons. The number of aromatic nitrogens is 1. The third-order valence-electron chi connectivity index (χ3n) is 3.64. The SMILES string of the molecule is CCC(C)C1SC(c2ccccc2)=CN1c1cnco1. The zero-order chi connectivity index (χ0) is 13.9. The molecule has 0 amide bonds. The number of hydrogen-bond acceptors (Lipinski definition) is 4. The van der Waals surface area contributed by atoms with E-state index in [9.17, 15) is 0 Å². The molecule has 3 rings (SSSR count). The molecule has 104 valence electrons. The highest BCUT2D eigenvalue weighted by atomic mass is 32.2. The summed E-state index contributed by atoms with van der Waals surface area (Å²) in [6.45, 7) is 4.51. The van der Waals surface area contributed by atoms with E-state index in [0.29, 0.717) is 11.3 Å². The highest BCUT2D eigenvalue weighted by Gasteiger charge is 2.32. The molecule has 1 aliphatic heterocycles. The molecule has 2 aromatic rings. The summed E-state index contributed by atoms with van der Waals surface area (Å²) in [7, 11) is 0. The Balaban J connectivity index is 1.93. The fourth-order valence-corrected chi connectivity index (χ4v) is 3.69. The van der Waals surface area contributed by atoms with Crippen LogP contribution in [0.4, 0.5) is 5.88 Å². The van der Waals surface area contributed by atoms with E-state index in [1.807, 2.05) is 17.8 Å². The van der Waals surface area contributed by atoms with Crippen LogP contribution in [0.15, 0.2) is 53.5 Å². The Morgan fingerprint density at radius 1 is 1.35 bits per heavy atom. The van der Waals surface area contributed by atoms with E-state index in [1.54, 1.807) is 6.20 Å². The molecule has 0 spiro atoms. The van der Waals surface area contributed by atoms with Gasteiger partial charge in [0.1, 0.15) is 0 Å². The molecule has 2 unspecified atom stereocenters. The van der Waals surface area contributed by atoms with Gasteiger partial charge in [-0.3, -0.25) is 0 Å². The van der Waals surface area contributed by atoms with Gasteiger partial charge in [-0.05, 0) is 11.5 Å². The van der Waals surface area contributed by atoms with Crippen molar-refractivity contribution < 1.29 is 4.42 Å². The summed E-state index contributed by atoms with van der Waals surface area (Å²) in [4.78, 5) is 7.52. The van der Waals surface area contributed by atoms with Crippen LogP contribution in [0.3, 0.4) is 0 Å². The summed E-state index contributed by atoms with van der Waals surface area (Å²) in [5.74, 6) is 1.39. The first kappa shape index (κ1) is 13.3. The van der Waals surface area contributed by atoms with Crippen LogP contribution < -0.4 is 4.90 Å². The monoisotopic (exact) mass is 286 g/mol. The van der Waals surface area contributed by atoms with Gasteiger partial charge in [0.2, 0.25) is 5.88 Å². The van der Waals surface area contributed by atoms with Crippen LogP contribution in [0.5, 0.6) is 0 Å². The third kappa shape index (κ3) is 2.48. The number of benzene rings is 1. The minimum absolute atomic E-state index is 0.364. The summed E-state index contributed by atoms with van der Waals surface area (Å²) in [5.41, 5.74) is 1.26. The van der Waals surface area contributed by atoms with Gasteiger partial charge in [0.25, 0.3) is 0 Å². The topological polar surface area (TPSA) is 29.3 Å². The van der Waals surface area contributed by atoms with E-state index >= 15 is 0 Å². The Hall–Kier alpha value is -1.68. The largest absolute Gasteiger partial charge is 0.428 e. The Labute approximate surface area is 123 Å². The molecule has 4 heteroatoms. The summed E-state index contributed by atoms with van der Waals surface area (Å²) in [6.07, 6.45) is 6.58. The van der Waals surface area contributed by atoms with Gasteiger partial charge in [0.15, 0.2) is 6.39 Å². The lowest BCUT2D eigenvalue weighted by Crippen LogP contribution is -2.29. The maximum absolute atomic E-state index is 5.48. The van der Waals surface area contributed by atoms with Gasteiger partial charge in [0, 0.05) is 11.1 Å². The molecule has 3 nitrogen and oxygen atoms in total. The quantitative estimate of drug-likeness (QED) is 0.821. The van der Waals surface area contributed by atoms with Crippen molar-refractivity contribution >= 4 is 22.6 Å². The standard InChI is InChI=1S/C16H18N2OS/c1-3-12(2)16-18(15-9-17-11-19-15)10-14(20-16)13-7-5-4-6-8-13/h4-12,16H,3H2,1-2H3. The third-order valence-corrected chi connectivity index (χ3v) is 5.17. The molecule has 1 aromatic heterocycles. The molecule has 0 bridgehead atoms. The fourth-order valence-electron chi connectivity index (χ4n) is 2.28. The molecule has 0 N–H and O–H groups in total. The predicted octanol–water partition coefficient (Wildman–Crippen LogP) is 4.60. The van der Waals surface area contributed by atoms with Crippen LogP contribution >= 0.6 is 11.8 Å². The average molecular weight is 286 g/mol. The van der Waals surface area contributed by atoms with Crippen LogP contribution in [0, 0.1) is 5.92 Å². The van der Waals surface area contributed by atoms with Crippen molar-refractivity contribution in [1.29, 1.82) is 0 Å². The van der Waals surface area contributed by atoms with Crippen molar-refractivity contribution in [2.24, 2.45) is 5.92 Å². The number of nitrogens with zero attached hydrogens (tertiary/aromatic N) is 2. The first-order valence-electron chi connectivity index (χ1n) is 6.90. The fraction of sp³-hybridized carbons (Fsp3) is 0.312. The Morgan fingerprint density at radius 3 is 2.80 bits per heavy atom. The van der Waals surface area contributed by atoms with Crippen LogP contribution in [0.2, 0.25) is 0 Å². The van der Waals surface area contributed by atoms with Gasteiger partial charge in [-0.15, -0.1) is 0 Å². The minimum Gasteiger partial charge on any atom is -0.428 e. The minimum atomic E-state index is 0.364. The molecule has 1 aromatic carbocycles. The smallest absolute Gasteiger partial charge is 0.220 e. The number of oxazole rings is 1. The molecule has 0 saturated carbocycles. The molecule has 2 heterocycles. The van der Waals surface area contributed by atoms with Crippen molar-refractivity contribution in [3.05, 3.63) is 54.7 Å². The molecule has 0 saturated heterocycles. The van der Waals surface area contributed by atoms with E-state index in [-0.39, 0.29) is 0 Å². The summed E-state index contributed by atoms with van der Waals surface area (Å²) in [5, 5.41) is 0.364. The van der Waals surface area contributed by atoms with Crippen LogP contribution in [-0.4, -0.2) is 10.4 Å². The second kappa shape index (κ2) is 5.75. The van der Waals surface area contributed by atoms with Gasteiger partial charge >= 0.3 is 0 Å². The average Bonchev–Trinajstić information content (AvgIpc) is 3.16. The van der Waals surface area contributed by atoms with Crippen molar-refractivity contribution in [3.8, 4) is 0 Å². The Bertz CT molecular complexity index is 580. The first-order chi connectivity index (χ1) is 9.79. The van der Waals surface area contributed by atoms with Crippen molar-refractivity contribution in [2.45, 2.75) is 25.6 Å². The van der Waals surface area contributed by atoms with Crippen LogP contribution in [0.1, 0.15) is 25.8 Å². The normalized spacial score (nSPS) is 20.0. The number of anilines is 1. The van der Waals surface area contributed by atoms with E-state index in [2.05, 4.69) is 54.2 Å². The molecule has 20 heavy (non-hydrogen) atoms. The maximum Gasteiger partial charge on any atom is 0.220 e. The lowest BCUT2D eigenvalue weighted by atomic mass is 10.1. The number of hydrogen-bond donors (Lipinski definition) is 0. The molecule has 2 atom stereocenters. The molecular weight excluding hydrogens is 268 g/mol. The van der Waals surface area contributed by atoms with Crippen molar-refractivity contribution in [1.82, 2.24) is 4.98 Å². The van der Waals surface area contributed by atoms with E-state index < -0.39 is 0 Å². The lowest BCUT2D eigenvalue weighted by molar-refractivity contribution is 0.497. The lowest BCUT2D eigenvalue weighted by Gasteiger charge is -2.26. The molecular formula is C16H18N2OS. The molecule has 0 fully saturated rings. The maximum atomic E-state index is 5.48. The van der Waals surface area contributed by atoms with Crippen LogP contribution in [-0.2, 0) is 0 Å². The van der Waals surface area contributed by atoms with Gasteiger partial charge in [-0.2, -0.15) is 0 Å². The predicted molar refractivity (Wildman–Crippen MR) is 84.2 cm³/mol. The van der Waals surface area contributed by atoms with Gasteiger partial charge in [-0.1, -0.05) is 62.4 Å². The summed E-state index contributed by atoms with van der Waals surface area (Å²) >= 11 is 1.90. The van der Waals surface area contributed by atoms with Crippen molar-refractivity contribution in [3.63, 3.8) is 0 Å². The second-order valence-corrected chi connectivity index (χ2v) is 6.16. The number of rotatable bonds is 4. The van der Waals surface area contributed by atoms with Gasteiger partial charge < -0.3 is 9.32 Å². The summed E-state index contributed by atoms with van der Waals surface area (Å²) in [6, 6.07) is 10.5. The number of thioether (sulfide) groups is 1. The molecule has 0 aliphatic carbocycles. The Morgan fingerprint density at radius 2 is 2.15 bits per heavy atom. The van der Waals surface area contributed by atoms with Gasteiger partial charge in [0.05, 0.1) is 11.6 Å². The zero-order valence-corrected chi connectivity index (χ0v) is 12.5. The summed E-state index contributed by atoms with van der Waals surface area (Å²) < 4.78 is 5.48. The van der Waals surface area contributed by atoms with E-state index in [4.69, 9.17) is 4.42 Å². The highest BCUT2D eigenvalue weighted by molar-refractivity contribution is 8.09. The van der Waals surface area contributed by atoms with Crippen LogP contribution in [0.25, 0.3) is 4.91 Å². The van der Waals surface area contributed by atoms with E-state index in [1.165, 1.54) is 16.9 Å². The molecule has 1 aliphatic rings.